The molecule has 0 radical (unpaired) electrons. The number of carbonyl (C=O) groups is 2. The number of hydrogen-bond acceptors (Lipinski definition) is 10. The van der Waals surface area contributed by atoms with Gasteiger partial charge in [-0.2, -0.15) is 4.98 Å². The molecule has 5 N–H and O–H groups in total. The Labute approximate surface area is 351 Å². The molecule has 1 aliphatic carbocycles. The second-order valence-corrected chi connectivity index (χ2v) is 18.5. The minimum atomic E-state index is -5.08. The van der Waals surface area contributed by atoms with Gasteiger partial charge >= 0.3 is 7.82 Å². The van der Waals surface area contributed by atoms with E-state index in [9.17, 15) is 23.9 Å². The molecule has 0 fully saturated rings. The standard InChI is InChI=1S/C41H35Cl3N5O9P/c1-15(2)29-38-47-31-34(57-38)41-22-10-17(11-25(36(50)46-29)45-37(51)32(16(3)4)58-59(52,53)54)8-9-26(22)55-40(41)48-30-21(13-19(42)14-23(30)41)20-7-5-6-18-12-24(43)28(27(18)20)33-35(44)49-39(31)56-33/h5-10,13-16,25,29,32,40,48H,11-12H2,1-4H3,(H,45,51)(H,46,50)(H2,52,53,54)/t25-,29-,32-,40?,41+/m0/s1. The predicted octanol–water partition coefficient (Wildman–Crippen LogP) is 7.64. The number of carbonyl (C=O) groups excluding carboxylic acids is 2. The van der Waals surface area contributed by atoms with E-state index in [2.05, 4.69) is 16.0 Å². The molecule has 5 aromatic rings. The molecular weight excluding hydrogens is 844 g/mol. The minimum Gasteiger partial charge on any atom is -0.469 e. The number of fused-ring (bicyclic) bond motifs is 7. The van der Waals surface area contributed by atoms with E-state index in [1.165, 1.54) is 0 Å². The van der Waals surface area contributed by atoms with E-state index in [0.29, 0.717) is 44.7 Å². The molecule has 10 bridgehead atoms. The number of phosphoric acid groups is 1. The number of nitrogens with zero attached hydrogens (tertiary/aromatic N) is 2. The maximum atomic E-state index is 14.4. The second kappa shape index (κ2) is 13.4. The third kappa shape index (κ3) is 5.83. The Morgan fingerprint density at radius 2 is 1.81 bits per heavy atom. The molecule has 0 saturated heterocycles. The molecule has 1 spiro atoms. The van der Waals surface area contributed by atoms with Gasteiger partial charge < -0.3 is 39.3 Å². The molecule has 2 aromatic heterocycles. The van der Waals surface area contributed by atoms with Crippen molar-refractivity contribution >= 4 is 65.7 Å². The van der Waals surface area contributed by atoms with Crippen LogP contribution in [0.15, 0.2) is 62.4 Å². The Bertz CT molecular complexity index is 2760. The summed E-state index contributed by atoms with van der Waals surface area (Å²) in [6.07, 6.45) is -1.96. The van der Waals surface area contributed by atoms with Crippen LogP contribution >= 0.6 is 42.6 Å². The van der Waals surface area contributed by atoms with E-state index in [1.807, 2.05) is 50.2 Å². The molecule has 10 rings (SSSR count). The van der Waals surface area contributed by atoms with Crippen LogP contribution in [0.25, 0.3) is 28.3 Å². The van der Waals surface area contributed by atoms with Crippen molar-refractivity contribution in [1.29, 1.82) is 0 Å². The number of nitrogens with one attached hydrogen (secondary N) is 3. The number of amides is 2. The fourth-order valence-electron chi connectivity index (χ4n) is 9.10. The SMILES string of the molecule is CC(C)[C@H](OP(=O)(O)O)C(=O)N[C@H]1Cc2ccc3c(c2)[C@]24c5cc(Cl)cc(c5NC2O3)-c2cccc3c2C(=C(Cl)C3)c2oc(nc2Cl)-c2nc(oc24)[C@H](C(C)C)NC1=O. The first-order valence-corrected chi connectivity index (χ1v) is 21.6. The summed E-state index contributed by atoms with van der Waals surface area (Å²) in [7, 11) is -5.08. The first kappa shape index (κ1) is 38.5. The fourth-order valence-corrected chi connectivity index (χ4v) is 10.5. The Balaban J connectivity index is 1.25. The van der Waals surface area contributed by atoms with Gasteiger partial charge in [-0.3, -0.25) is 14.1 Å². The lowest BCUT2D eigenvalue weighted by molar-refractivity contribution is -0.135. The summed E-state index contributed by atoms with van der Waals surface area (Å²) in [6.45, 7) is 6.91. The highest BCUT2D eigenvalue weighted by atomic mass is 35.5. The van der Waals surface area contributed by atoms with Gasteiger partial charge in [0.1, 0.15) is 29.4 Å². The number of anilines is 1. The highest BCUT2D eigenvalue weighted by molar-refractivity contribution is 7.46. The van der Waals surface area contributed by atoms with Gasteiger partial charge in [-0.1, -0.05) is 92.8 Å². The van der Waals surface area contributed by atoms with Gasteiger partial charge in [0.15, 0.2) is 28.6 Å². The first-order valence-electron chi connectivity index (χ1n) is 19.0. The Morgan fingerprint density at radius 3 is 2.56 bits per heavy atom. The fraction of sp³-hybridized carbons (Fsp3) is 0.317. The van der Waals surface area contributed by atoms with Crippen molar-refractivity contribution in [3.63, 3.8) is 0 Å². The van der Waals surface area contributed by atoms with Gasteiger partial charge in [0.2, 0.25) is 11.8 Å². The number of aromatic nitrogens is 2. The number of oxazole rings is 2. The van der Waals surface area contributed by atoms with E-state index >= 15 is 0 Å². The van der Waals surface area contributed by atoms with E-state index in [0.717, 1.165) is 33.5 Å². The maximum absolute atomic E-state index is 14.4. The molecule has 3 aromatic carbocycles. The molecular formula is C41H35Cl3N5O9P. The van der Waals surface area contributed by atoms with Crippen LogP contribution < -0.4 is 20.7 Å². The summed E-state index contributed by atoms with van der Waals surface area (Å²) in [4.78, 5) is 57.1. The molecule has 5 atom stereocenters. The van der Waals surface area contributed by atoms with Crippen LogP contribution in [0.5, 0.6) is 5.75 Å². The number of allylic oxidation sites excluding steroid dienone is 1. The van der Waals surface area contributed by atoms with Gasteiger partial charge in [0.25, 0.3) is 11.8 Å². The van der Waals surface area contributed by atoms with Crippen molar-refractivity contribution < 1.29 is 42.0 Å². The summed E-state index contributed by atoms with van der Waals surface area (Å²) in [5.41, 5.74) is 5.64. The zero-order chi connectivity index (χ0) is 41.4. The third-order valence-corrected chi connectivity index (χ3v) is 13.0. The average molecular weight is 879 g/mol. The number of hydrogen-bond donors (Lipinski definition) is 5. The van der Waals surface area contributed by atoms with Crippen molar-refractivity contribution in [2.24, 2.45) is 11.8 Å². The van der Waals surface area contributed by atoms with Gasteiger partial charge in [-0.25, -0.2) is 9.55 Å². The summed E-state index contributed by atoms with van der Waals surface area (Å²) < 4.78 is 37.2. The Morgan fingerprint density at radius 1 is 1.02 bits per heavy atom. The first-order chi connectivity index (χ1) is 28.0. The lowest BCUT2D eigenvalue weighted by Gasteiger charge is -2.29. The third-order valence-electron chi connectivity index (χ3n) is 11.7. The van der Waals surface area contributed by atoms with Crippen molar-refractivity contribution in [2.45, 2.75) is 70.4 Å². The number of benzene rings is 3. The van der Waals surface area contributed by atoms with Crippen LogP contribution in [-0.4, -0.2) is 49.9 Å². The lowest BCUT2D eigenvalue weighted by atomic mass is 9.72. The molecule has 6 heterocycles. The van der Waals surface area contributed by atoms with E-state index in [4.69, 9.17) is 62.9 Å². The van der Waals surface area contributed by atoms with Crippen molar-refractivity contribution in [2.75, 3.05) is 5.32 Å². The summed E-state index contributed by atoms with van der Waals surface area (Å²) in [5.74, 6) is -1.22. The number of ether oxygens (including phenoxy) is 1. The topological polar surface area (TPSA) is 198 Å². The second-order valence-electron chi connectivity index (χ2n) is 16.1. The largest absolute Gasteiger partial charge is 0.470 e. The van der Waals surface area contributed by atoms with E-state index in [-0.39, 0.29) is 40.7 Å². The predicted molar refractivity (Wildman–Crippen MR) is 217 cm³/mol. The summed E-state index contributed by atoms with van der Waals surface area (Å²) in [5, 5.41) is 10.5. The van der Waals surface area contributed by atoms with Crippen molar-refractivity contribution in [3.8, 4) is 28.5 Å². The molecule has 5 aliphatic rings. The number of rotatable bonds is 6. The molecule has 304 valence electrons. The zero-order valence-corrected chi connectivity index (χ0v) is 34.9. The maximum Gasteiger partial charge on any atom is 0.470 e. The van der Waals surface area contributed by atoms with Crippen LogP contribution in [0.1, 0.15) is 79.0 Å². The summed E-state index contributed by atoms with van der Waals surface area (Å²) in [6, 6.07) is 13.1. The Kier molecular flexibility index (Phi) is 8.77. The van der Waals surface area contributed by atoms with Gasteiger partial charge in [-0.05, 0) is 52.3 Å². The van der Waals surface area contributed by atoms with Crippen molar-refractivity contribution in [3.05, 3.63) is 109 Å². The molecule has 4 aliphatic heterocycles. The number of halogens is 3. The van der Waals surface area contributed by atoms with Gasteiger partial charge in [-0.15, -0.1) is 0 Å². The molecule has 0 saturated carbocycles. The van der Waals surface area contributed by atoms with Crippen LogP contribution in [0.4, 0.5) is 5.69 Å². The summed E-state index contributed by atoms with van der Waals surface area (Å²) >= 11 is 21.1. The van der Waals surface area contributed by atoms with Crippen LogP contribution in [0.3, 0.4) is 0 Å². The monoisotopic (exact) mass is 877 g/mol. The molecule has 59 heavy (non-hydrogen) atoms. The number of phosphoric ester groups is 1. The lowest BCUT2D eigenvalue weighted by Crippen LogP contribution is -2.53. The van der Waals surface area contributed by atoms with Crippen LogP contribution in [-0.2, 0) is 36.9 Å². The molecule has 14 nitrogen and oxygen atoms in total. The smallest absolute Gasteiger partial charge is 0.469 e. The van der Waals surface area contributed by atoms with Crippen molar-refractivity contribution in [1.82, 2.24) is 20.6 Å². The highest BCUT2D eigenvalue weighted by Gasteiger charge is 2.62. The zero-order valence-electron chi connectivity index (χ0n) is 31.7. The minimum absolute atomic E-state index is 0.0256. The van der Waals surface area contributed by atoms with Crippen LogP contribution in [0, 0.1) is 11.8 Å². The van der Waals surface area contributed by atoms with Gasteiger partial charge in [0.05, 0.1) is 0 Å². The normalized spacial score (nSPS) is 22.6. The average Bonchev–Trinajstić information content (AvgIpc) is 3.97. The van der Waals surface area contributed by atoms with E-state index in [1.54, 1.807) is 26.0 Å². The van der Waals surface area contributed by atoms with Crippen LogP contribution in [0.2, 0.25) is 10.2 Å². The quantitative estimate of drug-likeness (QED) is 0.105. The molecule has 1 unspecified atom stereocenters. The molecule has 18 heteroatoms. The highest BCUT2D eigenvalue weighted by Crippen LogP contribution is 2.62. The van der Waals surface area contributed by atoms with Gasteiger partial charge in [0, 0.05) is 50.8 Å². The Hall–Kier alpha value is -4.66. The van der Waals surface area contributed by atoms with E-state index < -0.39 is 55.4 Å². The molecule has 2 amide bonds.